The van der Waals surface area contributed by atoms with Crippen molar-refractivity contribution in [1.29, 1.82) is 0 Å². The topological polar surface area (TPSA) is 63.4 Å². The zero-order valence-corrected chi connectivity index (χ0v) is 9.13. The second kappa shape index (κ2) is 3.21. The molecule has 0 spiro atoms. The van der Waals surface area contributed by atoms with Gasteiger partial charge in [-0.3, -0.25) is 10.1 Å². The minimum absolute atomic E-state index is 0.0136. The summed E-state index contributed by atoms with van der Waals surface area (Å²) in [6, 6.07) is 4.68. The summed E-state index contributed by atoms with van der Waals surface area (Å²) < 4.78 is 1.13. The van der Waals surface area contributed by atoms with Crippen LogP contribution >= 0.6 is 27.3 Å². The summed E-state index contributed by atoms with van der Waals surface area (Å²) in [6.45, 7) is 0. The first kappa shape index (κ1) is 9.42. The normalized spacial score (nSPS) is 10.6. The lowest BCUT2D eigenvalue weighted by atomic mass is 10.2. The van der Waals surface area contributed by atoms with Crippen molar-refractivity contribution in [3.05, 3.63) is 32.8 Å². The summed E-state index contributed by atoms with van der Waals surface area (Å²) >= 11 is 4.19. The molecule has 2 rings (SSSR count). The van der Waals surface area contributed by atoms with Crippen LogP contribution in [0.15, 0.2) is 22.7 Å². The molecule has 0 fully saturated rings. The number of nitrogens with zero attached hydrogens (tertiary/aromatic N) is 1. The van der Waals surface area contributed by atoms with E-state index in [9.17, 15) is 15.2 Å². The van der Waals surface area contributed by atoms with Crippen LogP contribution < -0.4 is 0 Å². The Kier molecular flexibility index (Phi) is 2.16. The van der Waals surface area contributed by atoms with E-state index >= 15 is 0 Å². The maximum absolute atomic E-state index is 10.7. The van der Waals surface area contributed by atoms with Crippen molar-refractivity contribution in [3.8, 4) is 5.06 Å². The molecule has 0 atom stereocenters. The van der Waals surface area contributed by atoms with E-state index in [0.29, 0.717) is 14.6 Å². The third kappa shape index (κ3) is 1.46. The Labute approximate surface area is 91.1 Å². The summed E-state index contributed by atoms with van der Waals surface area (Å²) in [5, 5.41) is 20.7. The molecule has 1 heterocycles. The number of hydrogen-bond acceptors (Lipinski definition) is 4. The predicted octanol–water partition coefficient (Wildman–Crippen LogP) is 3.28. The highest BCUT2D eigenvalue weighted by Gasteiger charge is 2.15. The second-order valence-electron chi connectivity index (χ2n) is 2.69. The molecule has 1 aromatic heterocycles. The predicted molar refractivity (Wildman–Crippen MR) is 57.8 cm³/mol. The number of nitro benzene ring substituents is 1. The van der Waals surface area contributed by atoms with Crippen LogP contribution in [0.2, 0.25) is 0 Å². The summed E-state index contributed by atoms with van der Waals surface area (Å²) in [5.41, 5.74) is 0.0136. The maximum atomic E-state index is 10.7. The molecule has 0 aliphatic rings. The molecule has 14 heavy (non-hydrogen) atoms. The Morgan fingerprint density at radius 3 is 2.79 bits per heavy atom. The van der Waals surface area contributed by atoms with Gasteiger partial charge in [0.2, 0.25) is 0 Å². The Bertz CT molecular complexity index is 523. The molecular formula is C8H4BrNO3S. The minimum Gasteiger partial charge on any atom is -0.499 e. The van der Waals surface area contributed by atoms with E-state index in [1.807, 2.05) is 0 Å². The zero-order chi connectivity index (χ0) is 10.3. The minimum atomic E-state index is -0.455. The van der Waals surface area contributed by atoms with Gasteiger partial charge in [-0.05, 0) is 12.1 Å². The molecule has 2 aromatic rings. The average Bonchev–Trinajstić information content (AvgIpc) is 2.42. The maximum Gasteiger partial charge on any atom is 0.288 e. The van der Waals surface area contributed by atoms with E-state index in [-0.39, 0.29) is 10.8 Å². The number of aromatic hydroxyl groups is 1. The highest BCUT2D eigenvalue weighted by Crippen LogP contribution is 2.38. The highest BCUT2D eigenvalue weighted by molar-refractivity contribution is 9.10. The summed E-state index contributed by atoms with van der Waals surface area (Å²) in [6.07, 6.45) is 0. The second-order valence-corrected chi connectivity index (χ2v) is 4.63. The number of nitro groups is 1. The van der Waals surface area contributed by atoms with Gasteiger partial charge >= 0.3 is 0 Å². The van der Waals surface area contributed by atoms with Crippen molar-refractivity contribution in [1.82, 2.24) is 0 Å². The molecule has 0 unspecified atom stereocenters. The molecule has 4 nitrogen and oxygen atoms in total. The van der Waals surface area contributed by atoms with Crippen LogP contribution in [0.5, 0.6) is 5.06 Å². The van der Waals surface area contributed by atoms with Gasteiger partial charge in [-0.2, -0.15) is 0 Å². The van der Waals surface area contributed by atoms with Gasteiger partial charge in [0.15, 0.2) is 5.06 Å². The van der Waals surface area contributed by atoms with E-state index in [1.54, 1.807) is 6.07 Å². The van der Waals surface area contributed by atoms with Crippen molar-refractivity contribution in [2.24, 2.45) is 0 Å². The quantitative estimate of drug-likeness (QED) is 0.641. The first-order chi connectivity index (χ1) is 6.58. The average molecular weight is 274 g/mol. The molecule has 72 valence electrons. The monoisotopic (exact) mass is 273 g/mol. The van der Waals surface area contributed by atoms with Crippen LogP contribution in [-0.4, -0.2) is 10.0 Å². The Hall–Kier alpha value is -1.14. The number of benzene rings is 1. The number of thiophene rings is 1. The van der Waals surface area contributed by atoms with Crippen LogP contribution in [0.25, 0.3) is 10.1 Å². The Morgan fingerprint density at radius 1 is 1.43 bits per heavy atom. The molecule has 0 amide bonds. The molecule has 0 bridgehead atoms. The molecular weight excluding hydrogens is 270 g/mol. The standard InChI is InChI=1S/C8H4BrNO3S/c9-5-1-4-2-7(11)14-8(4)6(3-5)10(12)13/h1-3,11H. The highest BCUT2D eigenvalue weighted by atomic mass is 79.9. The van der Waals surface area contributed by atoms with Gasteiger partial charge < -0.3 is 5.11 Å². The number of fused-ring (bicyclic) bond motifs is 1. The van der Waals surface area contributed by atoms with Crippen molar-refractivity contribution < 1.29 is 10.0 Å². The number of hydrogen-bond donors (Lipinski definition) is 1. The van der Waals surface area contributed by atoms with Gasteiger partial charge in [-0.25, -0.2) is 0 Å². The fourth-order valence-corrected chi connectivity index (χ4v) is 2.55. The summed E-state index contributed by atoms with van der Waals surface area (Å²) in [4.78, 5) is 10.2. The van der Waals surface area contributed by atoms with Crippen LogP contribution in [0.1, 0.15) is 0 Å². The van der Waals surface area contributed by atoms with Gasteiger partial charge in [0, 0.05) is 15.9 Å². The Balaban J connectivity index is 2.85. The van der Waals surface area contributed by atoms with Crippen molar-refractivity contribution in [2.45, 2.75) is 0 Å². The lowest BCUT2D eigenvalue weighted by Gasteiger charge is -1.94. The zero-order valence-electron chi connectivity index (χ0n) is 6.73. The smallest absolute Gasteiger partial charge is 0.288 e. The molecule has 0 aliphatic carbocycles. The summed E-state index contributed by atoms with van der Waals surface area (Å²) in [5.74, 6) is 0. The van der Waals surface area contributed by atoms with Crippen molar-refractivity contribution >= 4 is 43.0 Å². The molecule has 0 saturated heterocycles. The van der Waals surface area contributed by atoms with E-state index in [2.05, 4.69) is 15.9 Å². The van der Waals surface area contributed by atoms with Crippen LogP contribution in [0.3, 0.4) is 0 Å². The van der Waals surface area contributed by atoms with Crippen molar-refractivity contribution in [3.63, 3.8) is 0 Å². The lowest BCUT2D eigenvalue weighted by Crippen LogP contribution is -1.87. The fourth-order valence-electron chi connectivity index (χ4n) is 1.22. The van der Waals surface area contributed by atoms with E-state index in [0.717, 1.165) is 11.3 Å². The van der Waals surface area contributed by atoms with Crippen molar-refractivity contribution in [2.75, 3.05) is 0 Å². The fraction of sp³-hybridized carbons (Fsp3) is 0. The SMILES string of the molecule is O=[N+]([O-])c1cc(Br)cc2cc(O)sc12. The van der Waals surface area contributed by atoms with Gasteiger partial charge in [-0.15, -0.1) is 0 Å². The van der Waals surface area contributed by atoms with Gasteiger partial charge in [0.25, 0.3) is 5.69 Å². The lowest BCUT2D eigenvalue weighted by molar-refractivity contribution is -0.382. The molecule has 0 radical (unpaired) electrons. The van der Waals surface area contributed by atoms with E-state index in [1.165, 1.54) is 12.1 Å². The Morgan fingerprint density at radius 2 is 2.14 bits per heavy atom. The van der Waals surface area contributed by atoms with Gasteiger partial charge in [0.05, 0.1) is 4.92 Å². The molecule has 0 aliphatic heterocycles. The van der Waals surface area contributed by atoms with Crippen LogP contribution in [0.4, 0.5) is 5.69 Å². The largest absolute Gasteiger partial charge is 0.499 e. The molecule has 1 aromatic carbocycles. The molecule has 1 N–H and O–H groups in total. The third-order valence-corrected chi connectivity index (χ3v) is 3.18. The third-order valence-electron chi connectivity index (χ3n) is 1.75. The van der Waals surface area contributed by atoms with Crippen LogP contribution in [-0.2, 0) is 0 Å². The number of non-ortho nitro benzene ring substituents is 1. The number of rotatable bonds is 1. The first-order valence-electron chi connectivity index (χ1n) is 3.64. The molecule has 0 saturated carbocycles. The summed E-state index contributed by atoms with van der Waals surface area (Å²) in [7, 11) is 0. The van der Waals surface area contributed by atoms with Gasteiger partial charge in [0.1, 0.15) is 4.70 Å². The van der Waals surface area contributed by atoms with E-state index in [4.69, 9.17) is 0 Å². The van der Waals surface area contributed by atoms with Gasteiger partial charge in [-0.1, -0.05) is 27.3 Å². The number of halogens is 1. The van der Waals surface area contributed by atoms with E-state index < -0.39 is 4.92 Å². The van der Waals surface area contributed by atoms with Crippen LogP contribution in [0, 0.1) is 10.1 Å². The molecule has 6 heteroatoms. The first-order valence-corrected chi connectivity index (χ1v) is 5.25.